The summed E-state index contributed by atoms with van der Waals surface area (Å²) in [5.41, 5.74) is 1.76. The van der Waals surface area contributed by atoms with Crippen LogP contribution in [-0.4, -0.2) is 32.4 Å². The van der Waals surface area contributed by atoms with Crippen LogP contribution in [-0.2, 0) is 20.0 Å². The Kier molecular flexibility index (Phi) is 5.53. The third kappa shape index (κ3) is 4.18. The summed E-state index contributed by atoms with van der Waals surface area (Å²) >= 11 is 6.18. The van der Waals surface area contributed by atoms with Gasteiger partial charge in [0.15, 0.2) is 0 Å². The lowest BCUT2D eigenvalue weighted by Crippen LogP contribution is -2.35. The molecular weight excluding hydrogens is 433 g/mol. The van der Waals surface area contributed by atoms with E-state index in [0.29, 0.717) is 34.8 Å². The standard InChI is InChI=1S/C21H18ClF3N4O2/c1-28-9-12(8-26-28)14-6-17(23)19(7-15(14)20(24)25)27-18-5-13(22)4-11-2-3-29(21(30)31)10-16(11)18/h4-9,20,27H,2-3,10H2,1H3,(H,30,31). The van der Waals surface area contributed by atoms with Crippen molar-refractivity contribution in [3.63, 3.8) is 0 Å². The van der Waals surface area contributed by atoms with E-state index in [4.69, 9.17) is 11.6 Å². The molecule has 3 aromatic rings. The largest absolute Gasteiger partial charge is 0.465 e. The molecule has 0 spiro atoms. The number of rotatable bonds is 4. The molecule has 2 heterocycles. The summed E-state index contributed by atoms with van der Waals surface area (Å²) in [5.74, 6) is -0.733. The van der Waals surface area contributed by atoms with E-state index < -0.39 is 18.3 Å². The molecular formula is C21H18ClF3N4O2. The van der Waals surface area contributed by atoms with Gasteiger partial charge in [-0.25, -0.2) is 18.0 Å². The van der Waals surface area contributed by atoms with Gasteiger partial charge in [-0.2, -0.15) is 5.10 Å². The van der Waals surface area contributed by atoms with Crippen molar-refractivity contribution in [1.29, 1.82) is 0 Å². The van der Waals surface area contributed by atoms with Gasteiger partial charge in [-0.05, 0) is 47.4 Å². The maximum absolute atomic E-state index is 14.9. The maximum Gasteiger partial charge on any atom is 0.407 e. The lowest BCUT2D eigenvalue weighted by atomic mass is 9.97. The molecule has 1 aromatic heterocycles. The molecule has 1 aliphatic heterocycles. The monoisotopic (exact) mass is 450 g/mol. The fraction of sp³-hybridized carbons (Fsp3) is 0.238. The highest BCUT2D eigenvalue weighted by Gasteiger charge is 2.24. The highest BCUT2D eigenvalue weighted by atomic mass is 35.5. The quantitative estimate of drug-likeness (QED) is 0.543. The van der Waals surface area contributed by atoms with E-state index >= 15 is 0 Å². The van der Waals surface area contributed by atoms with Crippen LogP contribution in [0.2, 0.25) is 5.02 Å². The topological polar surface area (TPSA) is 70.4 Å². The molecule has 4 rings (SSSR count). The normalized spacial score (nSPS) is 13.4. The van der Waals surface area contributed by atoms with Crippen LogP contribution in [0.15, 0.2) is 36.7 Å². The number of fused-ring (bicyclic) bond motifs is 1. The first-order chi connectivity index (χ1) is 14.7. The lowest BCUT2D eigenvalue weighted by molar-refractivity contribution is 0.140. The average molecular weight is 451 g/mol. The van der Waals surface area contributed by atoms with E-state index in [1.54, 1.807) is 13.1 Å². The number of nitrogens with one attached hydrogen (secondary N) is 1. The van der Waals surface area contributed by atoms with Crippen molar-refractivity contribution in [3.05, 3.63) is 64.2 Å². The average Bonchev–Trinajstić information content (AvgIpc) is 3.14. The molecule has 10 heteroatoms. The zero-order valence-electron chi connectivity index (χ0n) is 16.4. The summed E-state index contributed by atoms with van der Waals surface area (Å²) in [6, 6.07) is 5.37. The minimum Gasteiger partial charge on any atom is -0.465 e. The second kappa shape index (κ2) is 8.14. The molecule has 2 N–H and O–H groups in total. The second-order valence-corrected chi connectivity index (χ2v) is 7.73. The number of nitrogens with zero attached hydrogens (tertiary/aromatic N) is 3. The Bertz CT molecular complexity index is 1170. The number of aryl methyl sites for hydroxylation is 1. The summed E-state index contributed by atoms with van der Waals surface area (Å²) in [6.45, 7) is 0.396. The first-order valence-electron chi connectivity index (χ1n) is 9.39. The Balaban J connectivity index is 1.76. The van der Waals surface area contributed by atoms with E-state index in [1.807, 2.05) is 0 Å². The zero-order valence-corrected chi connectivity index (χ0v) is 17.1. The predicted octanol–water partition coefficient (Wildman–Crippen LogP) is 5.60. The predicted molar refractivity (Wildman–Crippen MR) is 110 cm³/mol. The number of carboxylic acid groups (broad SMARTS) is 1. The molecule has 0 unspecified atom stereocenters. The molecule has 1 aliphatic rings. The lowest BCUT2D eigenvalue weighted by Gasteiger charge is -2.29. The van der Waals surface area contributed by atoms with Crippen LogP contribution in [0.25, 0.3) is 11.1 Å². The molecule has 0 bridgehead atoms. The van der Waals surface area contributed by atoms with Crippen molar-refractivity contribution >= 4 is 29.1 Å². The summed E-state index contributed by atoms with van der Waals surface area (Å²) in [6.07, 6.45) is -0.546. The van der Waals surface area contributed by atoms with Gasteiger partial charge in [-0.3, -0.25) is 4.68 Å². The van der Waals surface area contributed by atoms with Crippen LogP contribution in [0, 0.1) is 5.82 Å². The smallest absolute Gasteiger partial charge is 0.407 e. The van der Waals surface area contributed by atoms with Gasteiger partial charge in [0.25, 0.3) is 6.43 Å². The van der Waals surface area contributed by atoms with Crippen LogP contribution in [0.1, 0.15) is 23.1 Å². The highest BCUT2D eigenvalue weighted by molar-refractivity contribution is 6.31. The fourth-order valence-corrected chi connectivity index (χ4v) is 3.97. The second-order valence-electron chi connectivity index (χ2n) is 7.29. The Morgan fingerprint density at radius 2 is 2.03 bits per heavy atom. The van der Waals surface area contributed by atoms with Crippen molar-refractivity contribution in [2.75, 3.05) is 11.9 Å². The summed E-state index contributed by atoms with van der Waals surface area (Å²) < 4.78 is 43.9. The number of carbonyl (C=O) groups is 1. The zero-order chi connectivity index (χ0) is 22.3. The van der Waals surface area contributed by atoms with Gasteiger partial charge in [0.1, 0.15) is 5.82 Å². The van der Waals surface area contributed by atoms with Crippen LogP contribution < -0.4 is 5.32 Å². The molecule has 2 aromatic carbocycles. The molecule has 0 aliphatic carbocycles. The van der Waals surface area contributed by atoms with Crippen molar-refractivity contribution in [2.24, 2.45) is 7.05 Å². The molecule has 6 nitrogen and oxygen atoms in total. The molecule has 0 atom stereocenters. The number of hydrogen-bond donors (Lipinski definition) is 2. The van der Waals surface area contributed by atoms with Crippen LogP contribution in [0.3, 0.4) is 0 Å². The van der Waals surface area contributed by atoms with Gasteiger partial charge in [0, 0.05) is 41.6 Å². The van der Waals surface area contributed by atoms with Crippen LogP contribution in [0.4, 0.5) is 29.3 Å². The SMILES string of the molecule is Cn1cc(-c2cc(F)c(Nc3cc(Cl)cc4c3CN(C(=O)O)CC4)cc2C(F)F)cn1. The van der Waals surface area contributed by atoms with Crippen molar-refractivity contribution < 1.29 is 23.1 Å². The minimum atomic E-state index is -2.84. The number of amides is 1. The third-order valence-electron chi connectivity index (χ3n) is 5.24. The van der Waals surface area contributed by atoms with Crippen molar-refractivity contribution in [1.82, 2.24) is 14.7 Å². The van der Waals surface area contributed by atoms with Gasteiger partial charge in [-0.15, -0.1) is 0 Å². The van der Waals surface area contributed by atoms with Gasteiger partial charge in [0.05, 0.1) is 18.4 Å². The number of benzene rings is 2. The molecule has 0 fully saturated rings. The number of anilines is 2. The first-order valence-corrected chi connectivity index (χ1v) is 9.77. The number of hydrogen-bond acceptors (Lipinski definition) is 3. The Labute approximate surface area is 180 Å². The van der Waals surface area contributed by atoms with E-state index in [-0.39, 0.29) is 23.4 Å². The van der Waals surface area contributed by atoms with Gasteiger partial charge in [0.2, 0.25) is 0 Å². The van der Waals surface area contributed by atoms with Gasteiger partial charge < -0.3 is 15.3 Å². The van der Waals surface area contributed by atoms with Crippen LogP contribution >= 0.6 is 11.6 Å². The van der Waals surface area contributed by atoms with Crippen molar-refractivity contribution in [2.45, 2.75) is 19.4 Å². The summed E-state index contributed by atoms with van der Waals surface area (Å²) in [7, 11) is 1.64. The molecule has 31 heavy (non-hydrogen) atoms. The minimum absolute atomic E-state index is 0.0522. The molecule has 1 amide bonds. The van der Waals surface area contributed by atoms with E-state index in [2.05, 4.69) is 10.4 Å². The van der Waals surface area contributed by atoms with Gasteiger partial charge in [-0.1, -0.05) is 11.6 Å². The number of halogens is 4. The molecule has 162 valence electrons. The van der Waals surface area contributed by atoms with Crippen molar-refractivity contribution in [3.8, 4) is 11.1 Å². The highest BCUT2D eigenvalue weighted by Crippen LogP contribution is 2.38. The first kappa shape index (κ1) is 21.0. The molecule has 0 radical (unpaired) electrons. The van der Waals surface area contributed by atoms with Crippen LogP contribution in [0.5, 0.6) is 0 Å². The van der Waals surface area contributed by atoms with Gasteiger partial charge >= 0.3 is 6.09 Å². The molecule has 0 saturated carbocycles. The third-order valence-corrected chi connectivity index (χ3v) is 5.46. The molecule has 0 saturated heterocycles. The van der Waals surface area contributed by atoms with E-state index in [0.717, 1.165) is 17.7 Å². The van der Waals surface area contributed by atoms with E-state index in [9.17, 15) is 23.1 Å². The Hall–Kier alpha value is -3.20. The number of alkyl halides is 2. The maximum atomic E-state index is 14.9. The summed E-state index contributed by atoms with van der Waals surface area (Å²) in [5, 5.41) is 16.5. The Morgan fingerprint density at radius 1 is 1.26 bits per heavy atom. The summed E-state index contributed by atoms with van der Waals surface area (Å²) in [4.78, 5) is 12.6. The van der Waals surface area contributed by atoms with E-state index in [1.165, 1.54) is 28.0 Å². The fourth-order valence-electron chi connectivity index (χ4n) is 3.72. The number of aromatic nitrogens is 2. The Morgan fingerprint density at radius 3 is 2.68 bits per heavy atom.